The third-order valence-corrected chi connectivity index (χ3v) is 8.18. The van der Waals surface area contributed by atoms with Crippen molar-refractivity contribution < 1.29 is 15.9 Å². The van der Waals surface area contributed by atoms with Crippen LogP contribution in [0.5, 0.6) is 0 Å². The van der Waals surface area contributed by atoms with Crippen molar-refractivity contribution >= 4 is 27.3 Å². The summed E-state index contributed by atoms with van der Waals surface area (Å²) in [5.74, 6) is -0.378. The predicted molar refractivity (Wildman–Crippen MR) is 124 cm³/mol. The number of ether oxygens (including phenoxy) is 1. The minimum absolute atomic E-state index is 0.112. The molecule has 33 heavy (non-hydrogen) atoms. The van der Waals surface area contributed by atoms with Gasteiger partial charge in [-0.1, -0.05) is 11.6 Å². The van der Waals surface area contributed by atoms with Crippen molar-refractivity contribution in [3.63, 3.8) is 0 Å². The van der Waals surface area contributed by atoms with Gasteiger partial charge in [0.15, 0.2) is 0 Å². The number of sulfonamides is 1. The highest BCUT2D eigenvalue weighted by atomic mass is 35.5. The Morgan fingerprint density at radius 1 is 1.27 bits per heavy atom. The largest absolute Gasteiger partial charge is 0.382 e. The molecule has 2 saturated heterocycles. The molecule has 1 atom stereocenters. The van der Waals surface area contributed by atoms with Crippen LogP contribution in [0.25, 0.3) is 0 Å². The van der Waals surface area contributed by atoms with E-state index in [2.05, 4.69) is 10.4 Å². The van der Waals surface area contributed by atoms with Crippen molar-refractivity contribution in [3.05, 3.63) is 51.4 Å². The second-order valence-electron chi connectivity index (χ2n) is 8.08. The Kier molecular flexibility index (Phi) is 6.54. The van der Waals surface area contributed by atoms with E-state index in [-0.39, 0.29) is 47.3 Å². The molecule has 0 aliphatic carbocycles. The van der Waals surface area contributed by atoms with Crippen LogP contribution in [-0.2, 0) is 14.8 Å². The number of nitrogens with one attached hydrogen (secondary N) is 1. The molecule has 4 rings (SSSR count). The number of nitriles is 1. The van der Waals surface area contributed by atoms with Crippen molar-refractivity contribution in [2.75, 3.05) is 38.1 Å². The quantitative estimate of drug-likeness (QED) is 0.657. The van der Waals surface area contributed by atoms with E-state index < -0.39 is 22.1 Å². The normalized spacial score (nSPS) is 21.6. The van der Waals surface area contributed by atoms with E-state index >= 15 is 0 Å². The van der Waals surface area contributed by atoms with Gasteiger partial charge in [-0.3, -0.25) is 4.79 Å². The predicted octanol–water partition coefficient (Wildman–Crippen LogP) is 2.63. The highest BCUT2D eigenvalue weighted by Crippen LogP contribution is 2.27. The summed E-state index contributed by atoms with van der Waals surface area (Å²) in [5.41, 5.74) is -0.0619. The number of benzene rings is 1. The van der Waals surface area contributed by atoms with E-state index in [0.717, 1.165) is 6.42 Å². The molecular formula is C22H26ClN5O4S. The molecule has 2 aliphatic heterocycles. The lowest BCUT2D eigenvalue weighted by Gasteiger charge is -2.31. The highest BCUT2D eigenvalue weighted by Gasteiger charge is 2.31. The number of nitrogens with zero attached hydrogens (tertiary/aromatic N) is 4. The second-order valence-corrected chi connectivity index (χ2v) is 10.4. The fourth-order valence-electron chi connectivity index (χ4n) is 4.00. The minimum atomic E-state index is -3.72. The second kappa shape index (κ2) is 10.2. The van der Waals surface area contributed by atoms with Crippen LogP contribution in [0, 0.1) is 17.2 Å². The molecule has 1 aromatic heterocycles. The average molecular weight is 494 g/mol. The maximum absolute atomic E-state index is 12.9. The molecule has 9 nitrogen and oxygen atoms in total. The van der Waals surface area contributed by atoms with E-state index in [9.17, 15) is 13.2 Å². The number of hydrogen-bond acceptors (Lipinski definition) is 7. The van der Waals surface area contributed by atoms with Gasteiger partial charge < -0.3 is 10.1 Å². The fraction of sp³-hybridized carbons (Fsp3) is 0.500. The first-order chi connectivity index (χ1) is 16.6. The van der Waals surface area contributed by atoms with Crippen LogP contribution in [0.3, 0.4) is 0 Å². The Hall–Kier alpha value is -2.45. The van der Waals surface area contributed by atoms with Crippen molar-refractivity contribution in [3.8, 4) is 6.07 Å². The van der Waals surface area contributed by atoms with Crippen LogP contribution >= 0.6 is 11.6 Å². The van der Waals surface area contributed by atoms with Gasteiger partial charge in [-0.2, -0.15) is 14.7 Å². The number of halogens is 1. The monoisotopic (exact) mass is 493 g/mol. The first kappa shape index (κ1) is 21.1. The summed E-state index contributed by atoms with van der Waals surface area (Å²) in [6.45, 7) is -0.536. The average Bonchev–Trinajstić information content (AvgIpc) is 2.87. The zero-order chi connectivity index (χ0) is 25.2. The lowest BCUT2D eigenvalue weighted by atomic mass is 10.0. The van der Waals surface area contributed by atoms with Crippen LogP contribution in [0.4, 0.5) is 5.69 Å². The summed E-state index contributed by atoms with van der Waals surface area (Å²) in [6, 6.07) is 7.37. The molecule has 176 valence electrons. The molecule has 0 bridgehead atoms. The third kappa shape index (κ3) is 5.22. The Morgan fingerprint density at radius 2 is 2.00 bits per heavy atom. The van der Waals surface area contributed by atoms with Crippen LogP contribution in [0.2, 0.25) is 5.02 Å². The molecule has 11 heteroatoms. The van der Waals surface area contributed by atoms with E-state index in [1.54, 1.807) is 0 Å². The van der Waals surface area contributed by atoms with Crippen molar-refractivity contribution in [1.29, 1.82) is 5.26 Å². The standard InChI is InChI=1S/C22H26ClN5O4S/c23-21-20(25-13-17-2-1-11-32-15-17)14-26-28(22(21)29)18-7-9-27(10-8-18)33(30,31)19-5-3-16(12-24)4-6-19/h3-6,14,17-18,25H,1-2,7-11,13,15H2/t17-/m0/s1/i13D2. The number of piperidine rings is 1. The molecule has 2 fully saturated rings. The number of hydrogen-bond donors (Lipinski definition) is 1. The van der Waals surface area contributed by atoms with Crippen molar-refractivity contribution in [2.24, 2.45) is 5.92 Å². The SMILES string of the molecule is [2H]C([2H])(Nc1cnn(C2CCN(S(=O)(=O)c3ccc(C#N)cc3)CC2)c(=O)c1Cl)[C@@H]1CCCOC1. The lowest BCUT2D eigenvalue weighted by Crippen LogP contribution is -2.41. The molecule has 1 aromatic carbocycles. The zero-order valence-electron chi connectivity index (χ0n) is 19.9. The maximum Gasteiger partial charge on any atom is 0.287 e. The first-order valence-electron chi connectivity index (χ1n) is 11.8. The first-order valence-corrected chi connectivity index (χ1v) is 12.6. The van der Waals surface area contributed by atoms with Crippen LogP contribution in [-0.4, -0.2) is 55.3 Å². The van der Waals surface area contributed by atoms with Gasteiger partial charge in [0.25, 0.3) is 5.56 Å². The molecule has 0 unspecified atom stereocenters. The third-order valence-electron chi connectivity index (χ3n) is 5.91. The summed E-state index contributed by atoms with van der Waals surface area (Å²) in [4.78, 5) is 13.0. The zero-order valence-corrected chi connectivity index (χ0v) is 19.5. The van der Waals surface area contributed by atoms with Gasteiger partial charge >= 0.3 is 0 Å². The Balaban J connectivity index is 1.45. The summed E-state index contributed by atoms with van der Waals surface area (Å²) in [7, 11) is -3.72. The number of anilines is 1. The molecule has 0 spiro atoms. The molecule has 1 N–H and O–H groups in total. The topological polar surface area (TPSA) is 117 Å². The van der Waals surface area contributed by atoms with Crippen LogP contribution in [0.1, 0.15) is 40.0 Å². The van der Waals surface area contributed by atoms with Crippen LogP contribution in [0.15, 0.2) is 40.2 Å². The highest BCUT2D eigenvalue weighted by molar-refractivity contribution is 7.89. The summed E-state index contributed by atoms with van der Waals surface area (Å²) < 4.78 is 50.6. The lowest BCUT2D eigenvalue weighted by molar-refractivity contribution is 0.0595. The Labute approximate surface area is 200 Å². The van der Waals surface area contributed by atoms with E-state index in [0.29, 0.717) is 31.4 Å². The van der Waals surface area contributed by atoms with E-state index in [1.807, 2.05) is 6.07 Å². The minimum Gasteiger partial charge on any atom is -0.382 e. The molecular weight excluding hydrogens is 466 g/mol. The van der Waals surface area contributed by atoms with Crippen molar-refractivity contribution in [1.82, 2.24) is 14.1 Å². The summed E-state index contributed by atoms with van der Waals surface area (Å²) in [6.07, 6.45) is 3.49. The molecule has 0 amide bonds. The Morgan fingerprint density at radius 3 is 2.64 bits per heavy atom. The van der Waals surface area contributed by atoms with Gasteiger partial charge in [-0.05, 0) is 55.9 Å². The van der Waals surface area contributed by atoms with Gasteiger partial charge in [0.2, 0.25) is 10.0 Å². The fourth-order valence-corrected chi connectivity index (χ4v) is 5.66. The van der Waals surface area contributed by atoms with Gasteiger partial charge in [-0.15, -0.1) is 0 Å². The maximum atomic E-state index is 12.9. The van der Waals surface area contributed by atoms with E-state index in [1.165, 1.54) is 39.4 Å². The van der Waals surface area contributed by atoms with E-state index in [4.69, 9.17) is 24.3 Å². The van der Waals surface area contributed by atoms with Crippen molar-refractivity contribution in [2.45, 2.75) is 36.6 Å². The van der Waals surface area contributed by atoms with Gasteiger partial charge in [0.05, 0.1) is 41.1 Å². The van der Waals surface area contributed by atoms with Crippen LogP contribution < -0.4 is 10.9 Å². The summed E-state index contributed by atoms with van der Waals surface area (Å²) in [5, 5.41) is 15.7. The molecule has 0 saturated carbocycles. The Bertz CT molecular complexity index is 1270. The van der Waals surface area contributed by atoms with Gasteiger partial charge in [0.1, 0.15) is 5.02 Å². The molecule has 2 aromatic rings. The smallest absolute Gasteiger partial charge is 0.287 e. The molecule has 3 heterocycles. The summed E-state index contributed by atoms with van der Waals surface area (Å²) >= 11 is 6.31. The number of rotatable bonds is 6. The van der Waals surface area contributed by atoms with Gasteiger partial charge in [0, 0.05) is 28.9 Å². The molecule has 0 radical (unpaired) electrons. The number of aromatic nitrogens is 2. The molecule has 2 aliphatic rings. The van der Waals surface area contributed by atoms with Gasteiger partial charge in [-0.25, -0.2) is 13.1 Å².